The van der Waals surface area contributed by atoms with Crippen LogP contribution in [0.5, 0.6) is 0 Å². The molecule has 0 fully saturated rings. The lowest BCUT2D eigenvalue weighted by atomic mass is 10.4. The van der Waals surface area contributed by atoms with E-state index in [1.807, 2.05) is 0 Å². The molecule has 2 aromatic rings. The van der Waals surface area contributed by atoms with Crippen LogP contribution >= 0.6 is 11.6 Å². The fourth-order valence-corrected chi connectivity index (χ4v) is 2.81. The first-order valence-electron chi connectivity index (χ1n) is 5.45. The minimum atomic E-state index is -3.57. The molecule has 0 aromatic carbocycles. The highest BCUT2D eigenvalue weighted by molar-refractivity contribution is 7.89. The maximum absolute atomic E-state index is 12.3. The summed E-state index contributed by atoms with van der Waals surface area (Å²) in [6.07, 6.45) is 4.65. The fraction of sp³-hybridized carbons (Fsp3) is 0.273. The third kappa shape index (κ3) is 3.12. The fourth-order valence-electron chi connectivity index (χ4n) is 1.59. The molecular formula is C11H13ClN4O2S. The zero-order valence-corrected chi connectivity index (χ0v) is 12.1. The number of hydrogen-bond donors (Lipinski definition) is 0. The summed E-state index contributed by atoms with van der Waals surface area (Å²) in [5.74, 6) is 0. The van der Waals surface area contributed by atoms with E-state index in [1.54, 1.807) is 24.1 Å². The molecule has 0 radical (unpaired) electrons. The number of hydrogen-bond acceptors (Lipinski definition) is 4. The zero-order valence-electron chi connectivity index (χ0n) is 10.5. The molecule has 0 aliphatic rings. The third-order valence-corrected chi connectivity index (χ3v) is 4.58. The molecule has 0 spiro atoms. The maximum atomic E-state index is 12.3. The van der Waals surface area contributed by atoms with E-state index in [1.165, 1.54) is 29.7 Å². The normalized spacial score (nSPS) is 12.0. The van der Waals surface area contributed by atoms with Gasteiger partial charge in [-0.2, -0.15) is 9.40 Å². The molecular weight excluding hydrogens is 288 g/mol. The van der Waals surface area contributed by atoms with E-state index >= 15 is 0 Å². The van der Waals surface area contributed by atoms with Crippen molar-refractivity contribution in [2.24, 2.45) is 7.05 Å². The maximum Gasteiger partial charge on any atom is 0.244 e. The van der Waals surface area contributed by atoms with Crippen LogP contribution in [-0.2, 0) is 23.6 Å². The highest BCUT2D eigenvalue weighted by Gasteiger charge is 2.21. The Hall–Kier alpha value is -1.44. The highest BCUT2D eigenvalue weighted by atomic mass is 35.5. The van der Waals surface area contributed by atoms with E-state index < -0.39 is 10.0 Å². The molecule has 0 aliphatic heterocycles. The van der Waals surface area contributed by atoms with Gasteiger partial charge in [0.25, 0.3) is 0 Å². The summed E-state index contributed by atoms with van der Waals surface area (Å²) in [6.45, 7) is 0.249. The Morgan fingerprint density at radius 2 is 2.11 bits per heavy atom. The van der Waals surface area contributed by atoms with Gasteiger partial charge in [-0.1, -0.05) is 11.6 Å². The van der Waals surface area contributed by atoms with Gasteiger partial charge in [0.1, 0.15) is 10.0 Å². The van der Waals surface area contributed by atoms with Crippen molar-refractivity contribution in [3.8, 4) is 0 Å². The van der Waals surface area contributed by atoms with Gasteiger partial charge in [-0.15, -0.1) is 0 Å². The van der Waals surface area contributed by atoms with E-state index in [-0.39, 0.29) is 16.6 Å². The van der Waals surface area contributed by atoms with Crippen LogP contribution in [0.3, 0.4) is 0 Å². The molecule has 0 saturated carbocycles. The van der Waals surface area contributed by atoms with Crippen molar-refractivity contribution >= 4 is 21.6 Å². The second-order valence-electron chi connectivity index (χ2n) is 4.10. The van der Waals surface area contributed by atoms with E-state index in [0.717, 1.165) is 5.56 Å². The molecule has 0 amide bonds. The molecule has 0 bridgehead atoms. The Labute approximate surface area is 116 Å². The largest absolute Gasteiger partial charge is 0.275 e. The van der Waals surface area contributed by atoms with Crippen LogP contribution in [0, 0.1) is 0 Å². The number of nitrogens with zero attached hydrogens (tertiary/aromatic N) is 4. The van der Waals surface area contributed by atoms with Crippen molar-refractivity contribution in [3.05, 3.63) is 41.4 Å². The quantitative estimate of drug-likeness (QED) is 0.798. The molecule has 6 nitrogen and oxygen atoms in total. The monoisotopic (exact) mass is 300 g/mol. The number of sulfonamides is 1. The SMILES string of the molecule is CN(Cc1cnn(C)c1)S(=O)(=O)c1ccc(Cl)nc1. The highest BCUT2D eigenvalue weighted by Crippen LogP contribution is 2.17. The first-order chi connectivity index (χ1) is 8.89. The summed E-state index contributed by atoms with van der Waals surface area (Å²) >= 11 is 5.64. The second kappa shape index (κ2) is 5.28. The van der Waals surface area contributed by atoms with Crippen molar-refractivity contribution < 1.29 is 8.42 Å². The average molecular weight is 301 g/mol. The van der Waals surface area contributed by atoms with Gasteiger partial charge in [-0.25, -0.2) is 13.4 Å². The van der Waals surface area contributed by atoms with Crippen molar-refractivity contribution in [1.82, 2.24) is 19.1 Å². The summed E-state index contributed by atoms with van der Waals surface area (Å²) < 4.78 is 27.4. The summed E-state index contributed by atoms with van der Waals surface area (Å²) in [5.41, 5.74) is 0.815. The van der Waals surface area contributed by atoms with Gasteiger partial charge in [0, 0.05) is 38.6 Å². The van der Waals surface area contributed by atoms with Gasteiger partial charge in [0.2, 0.25) is 10.0 Å². The predicted molar refractivity (Wildman–Crippen MR) is 71.1 cm³/mol. The van der Waals surface area contributed by atoms with Gasteiger partial charge in [-0.05, 0) is 12.1 Å². The Balaban J connectivity index is 2.21. The molecule has 102 valence electrons. The van der Waals surface area contributed by atoms with Gasteiger partial charge in [0.15, 0.2) is 0 Å². The van der Waals surface area contributed by atoms with Crippen LogP contribution in [-0.4, -0.2) is 34.5 Å². The van der Waals surface area contributed by atoms with Crippen molar-refractivity contribution in [2.45, 2.75) is 11.4 Å². The summed E-state index contributed by atoms with van der Waals surface area (Å²) in [7, 11) is -0.280. The van der Waals surface area contributed by atoms with E-state index in [2.05, 4.69) is 10.1 Å². The van der Waals surface area contributed by atoms with Crippen molar-refractivity contribution in [3.63, 3.8) is 0 Å². The Morgan fingerprint density at radius 3 is 2.63 bits per heavy atom. The van der Waals surface area contributed by atoms with Crippen LogP contribution < -0.4 is 0 Å². The molecule has 0 aliphatic carbocycles. The first kappa shape index (κ1) is 14.0. The lowest BCUT2D eigenvalue weighted by Gasteiger charge is -2.15. The van der Waals surface area contributed by atoms with Crippen LogP contribution in [0.1, 0.15) is 5.56 Å². The van der Waals surface area contributed by atoms with E-state index in [4.69, 9.17) is 11.6 Å². The lowest BCUT2D eigenvalue weighted by molar-refractivity contribution is 0.466. The molecule has 0 unspecified atom stereocenters. The second-order valence-corrected chi connectivity index (χ2v) is 6.53. The molecule has 0 atom stereocenters. The smallest absolute Gasteiger partial charge is 0.244 e. The Bertz CT molecular complexity index is 666. The lowest BCUT2D eigenvalue weighted by Crippen LogP contribution is -2.26. The number of aryl methyl sites for hydroxylation is 1. The average Bonchev–Trinajstić information content (AvgIpc) is 2.75. The van der Waals surface area contributed by atoms with Crippen LogP contribution in [0.4, 0.5) is 0 Å². The van der Waals surface area contributed by atoms with Gasteiger partial charge in [0.05, 0.1) is 6.20 Å². The minimum absolute atomic E-state index is 0.114. The van der Waals surface area contributed by atoms with Crippen LogP contribution in [0.25, 0.3) is 0 Å². The van der Waals surface area contributed by atoms with Crippen LogP contribution in [0.2, 0.25) is 5.15 Å². The molecule has 8 heteroatoms. The number of aromatic nitrogens is 3. The molecule has 0 saturated heterocycles. The van der Waals surface area contributed by atoms with Crippen molar-refractivity contribution in [2.75, 3.05) is 7.05 Å². The minimum Gasteiger partial charge on any atom is -0.275 e. The van der Waals surface area contributed by atoms with Crippen LogP contribution in [0.15, 0.2) is 35.6 Å². The molecule has 2 aromatic heterocycles. The number of rotatable bonds is 4. The molecule has 2 heterocycles. The summed E-state index contributed by atoms with van der Waals surface area (Å²) in [4.78, 5) is 3.90. The Morgan fingerprint density at radius 1 is 1.37 bits per heavy atom. The first-order valence-corrected chi connectivity index (χ1v) is 7.27. The van der Waals surface area contributed by atoms with E-state index in [0.29, 0.717) is 0 Å². The van der Waals surface area contributed by atoms with Gasteiger partial charge in [-0.3, -0.25) is 4.68 Å². The third-order valence-electron chi connectivity index (χ3n) is 2.57. The summed E-state index contributed by atoms with van der Waals surface area (Å²) in [5, 5.41) is 4.26. The molecule has 0 N–H and O–H groups in total. The summed E-state index contributed by atoms with van der Waals surface area (Å²) in [6, 6.07) is 2.89. The number of pyridine rings is 1. The zero-order chi connectivity index (χ0) is 14.0. The van der Waals surface area contributed by atoms with Crippen molar-refractivity contribution in [1.29, 1.82) is 0 Å². The molecule has 19 heavy (non-hydrogen) atoms. The predicted octanol–water partition coefficient (Wildman–Crippen LogP) is 1.29. The number of halogens is 1. The van der Waals surface area contributed by atoms with E-state index in [9.17, 15) is 8.42 Å². The van der Waals surface area contributed by atoms with Gasteiger partial charge < -0.3 is 0 Å². The standard InChI is InChI=1S/C11H13ClN4O2S/c1-15-7-9(5-14-15)8-16(2)19(17,18)10-3-4-11(12)13-6-10/h3-7H,8H2,1-2H3. The molecule has 2 rings (SSSR count). The topological polar surface area (TPSA) is 68.1 Å². The Kier molecular flexibility index (Phi) is 3.88. The van der Waals surface area contributed by atoms with Gasteiger partial charge >= 0.3 is 0 Å².